The fraction of sp³-hybridized carbons (Fsp3) is 0.356. The number of Topliss-reactive ketones (excluding diaryl/α,β-unsaturated/α-hetero) is 1. The van der Waals surface area contributed by atoms with Gasteiger partial charge in [0.15, 0.2) is 5.78 Å². The SMILES string of the molecule is C=C(C)[C@@H](CC=C(C)C)Cc1c(O[C@@H]2O[C@H](CO)[C@@H](O)[C@H](O)[C@H]2O)cc(O)c2c1O[C@H](c1cc3c(cc1O)O[C@@H](c1ccc(O)cc1)[C@H]3c1cc(O)cc(O)c1)CC2=O. The van der Waals surface area contributed by atoms with E-state index in [-0.39, 0.29) is 75.7 Å². The summed E-state index contributed by atoms with van der Waals surface area (Å²) < 4.78 is 24.8. The summed E-state index contributed by atoms with van der Waals surface area (Å²) in [6.07, 6.45) is -7.57. The highest BCUT2D eigenvalue weighted by atomic mass is 16.7. The van der Waals surface area contributed by atoms with Gasteiger partial charge in [-0.25, -0.2) is 0 Å². The Morgan fingerprint density at radius 3 is 2.17 bits per heavy atom. The first kappa shape index (κ1) is 41.4. The molecule has 0 aromatic heterocycles. The normalized spacial score (nSPS) is 25.2. The Morgan fingerprint density at radius 2 is 1.53 bits per heavy atom. The van der Waals surface area contributed by atoms with E-state index in [0.717, 1.165) is 11.1 Å². The van der Waals surface area contributed by atoms with Gasteiger partial charge in [0, 0.05) is 34.9 Å². The number of allylic oxidation sites excluding steroid dienone is 3. The third-order valence-electron chi connectivity index (χ3n) is 11.2. The zero-order valence-electron chi connectivity index (χ0n) is 32.6. The highest BCUT2D eigenvalue weighted by molar-refractivity contribution is 6.03. The van der Waals surface area contributed by atoms with Gasteiger partial charge < -0.3 is 64.9 Å². The van der Waals surface area contributed by atoms with Gasteiger partial charge in [-0.05, 0) is 81.0 Å². The average molecular weight is 813 g/mol. The summed E-state index contributed by atoms with van der Waals surface area (Å²) >= 11 is 0. The number of carbonyl (C=O) groups excluding carboxylic acids is 1. The molecular formula is C45H48O14. The molecule has 7 rings (SSSR count). The Bertz CT molecular complexity index is 2260. The van der Waals surface area contributed by atoms with E-state index in [1.54, 1.807) is 18.2 Å². The van der Waals surface area contributed by atoms with Gasteiger partial charge in [-0.1, -0.05) is 35.9 Å². The maximum Gasteiger partial charge on any atom is 0.229 e. The van der Waals surface area contributed by atoms with Crippen molar-refractivity contribution in [3.8, 4) is 46.0 Å². The second kappa shape index (κ2) is 16.5. The summed E-state index contributed by atoms with van der Waals surface area (Å²) in [6.45, 7) is 9.23. The minimum absolute atomic E-state index is 0.0359. The Hall–Kier alpha value is -5.77. The number of phenolic OH excluding ortho intramolecular Hbond substituents is 5. The minimum Gasteiger partial charge on any atom is -0.508 e. The molecule has 0 unspecified atom stereocenters. The molecule has 9 N–H and O–H groups in total. The van der Waals surface area contributed by atoms with Crippen LogP contribution in [0.25, 0.3) is 0 Å². The maximum atomic E-state index is 14.1. The molecule has 59 heavy (non-hydrogen) atoms. The molecule has 3 aliphatic rings. The second-order valence-electron chi connectivity index (χ2n) is 15.7. The van der Waals surface area contributed by atoms with Gasteiger partial charge in [0.2, 0.25) is 6.29 Å². The molecule has 9 atom stereocenters. The molecule has 0 saturated carbocycles. The third kappa shape index (κ3) is 8.14. The van der Waals surface area contributed by atoms with Gasteiger partial charge in [-0.2, -0.15) is 0 Å². The number of aliphatic hydroxyl groups excluding tert-OH is 4. The molecule has 312 valence electrons. The predicted octanol–water partition coefficient (Wildman–Crippen LogP) is 5.46. The number of ketones is 1. The van der Waals surface area contributed by atoms with Crippen LogP contribution in [0.4, 0.5) is 0 Å². The van der Waals surface area contributed by atoms with Crippen LogP contribution in [0.2, 0.25) is 0 Å². The summed E-state index contributed by atoms with van der Waals surface area (Å²) in [5, 5.41) is 95.5. The molecule has 1 saturated heterocycles. The molecule has 0 radical (unpaired) electrons. The lowest BCUT2D eigenvalue weighted by atomic mass is 9.83. The summed E-state index contributed by atoms with van der Waals surface area (Å²) in [5.41, 5.74) is 3.84. The van der Waals surface area contributed by atoms with Gasteiger partial charge in [0.25, 0.3) is 0 Å². The van der Waals surface area contributed by atoms with Gasteiger partial charge in [0.05, 0.1) is 18.9 Å². The number of rotatable bonds is 11. The molecule has 0 bridgehead atoms. The molecule has 3 aliphatic heterocycles. The topological polar surface area (TPSA) is 236 Å². The van der Waals surface area contributed by atoms with E-state index in [1.807, 2.05) is 26.8 Å². The van der Waals surface area contributed by atoms with Crippen LogP contribution in [0.1, 0.15) is 89.9 Å². The van der Waals surface area contributed by atoms with Gasteiger partial charge in [-0.15, -0.1) is 0 Å². The van der Waals surface area contributed by atoms with Crippen molar-refractivity contribution in [1.29, 1.82) is 0 Å². The average Bonchev–Trinajstić information content (AvgIpc) is 3.54. The third-order valence-corrected chi connectivity index (χ3v) is 11.2. The fourth-order valence-electron chi connectivity index (χ4n) is 8.01. The zero-order chi connectivity index (χ0) is 42.4. The van der Waals surface area contributed by atoms with E-state index in [0.29, 0.717) is 23.1 Å². The van der Waals surface area contributed by atoms with Crippen LogP contribution in [0.15, 0.2) is 84.5 Å². The van der Waals surface area contributed by atoms with Crippen LogP contribution in [0.3, 0.4) is 0 Å². The van der Waals surface area contributed by atoms with E-state index >= 15 is 0 Å². The van der Waals surface area contributed by atoms with Crippen molar-refractivity contribution in [3.63, 3.8) is 0 Å². The van der Waals surface area contributed by atoms with E-state index in [9.17, 15) is 50.8 Å². The highest BCUT2D eigenvalue weighted by Gasteiger charge is 2.46. The Balaban J connectivity index is 1.33. The number of carbonyl (C=O) groups is 1. The summed E-state index contributed by atoms with van der Waals surface area (Å²) in [7, 11) is 0. The van der Waals surface area contributed by atoms with Crippen molar-refractivity contribution in [2.45, 2.75) is 88.9 Å². The van der Waals surface area contributed by atoms with Crippen LogP contribution in [0, 0.1) is 5.92 Å². The first-order valence-electron chi connectivity index (χ1n) is 19.2. The Labute approximate surface area is 340 Å². The molecule has 4 aromatic carbocycles. The van der Waals surface area contributed by atoms with Crippen molar-refractivity contribution >= 4 is 5.78 Å². The molecular weight excluding hydrogens is 764 g/mol. The molecule has 14 nitrogen and oxygen atoms in total. The molecule has 1 fully saturated rings. The van der Waals surface area contributed by atoms with Crippen LogP contribution < -0.4 is 14.2 Å². The van der Waals surface area contributed by atoms with E-state index in [2.05, 4.69) is 6.58 Å². The number of aliphatic hydroxyl groups is 4. The van der Waals surface area contributed by atoms with Crippen LogP contribution >= 0.6 is 0 Å². The van der Waals surface area contributed by atoms with Crippen LogP contribution in [-0.4, -0.2) is 89.1 Å². The number of hydrogen-bond donors (Lipinski definition) is 9. The predicted molar refractivity (Wildman–Crippen MR) is 212 cm³/mol. The molecule has 14 heteroatoms. The number of fused-ring (bicyclic) bond motifs is 2. The number of ether oxygens (including phenoxy) is 4. The number of aromatic hydroxyl groups is 5. The Kier molecular flexibility index (Phi) is 11.6. The molecule has 0 spiro atoms. The lowest BCUT2D eigenvalue weighted by molar-refractivity contribution is -0.277. The van der Waals surface area contributed by atoms with E-state index < -0.39 is 67.0 Å². The van der Waals surface area contributed by atoms with E-state index in [1.165, 1.54) is 42.5 Å². The van der Waals surface area contributed by atoms with Crippen molar-refractivity contribution in [1.82, 2.24) is 0 Å². The molecule has 0 amide bonds. The first-order valence-corrected chi connectivity index (χ1v) is 19.2. The van der Waals surface area contributed by atoms with Crippen molar-refractivity contribution in [2.75, 3.05) is 6.61 Å². The van der Waals surface area contributed by atoms with Crippen molar-refractivity contribution < 1.29 is 69.7 Å². The van der Waals surface area contributed by atoms with Crippen LogP contribution in [0.5, 0.6) is 46.0 Å². The monoisotopic (exact) mass is 812 g/mol. The summed E-state index contributed by atoms with van der Waals surface area (Å²) in [5.74, 6) is -2.39. The minimum atomic E-state index is -1.78. The second-order valence-corrected chi connectivity index (χ2v) is 15.7. The smallest absolute Gasteiger partial charge is 0.229 e. The quantitative estimate of drug-likeness (QED) is 0.0857. The van der Waals surface area contributed by atoms with Gasteiger partial charge in [-0.3, -0.25) is 4.79 Å². The number of phenols is 5. The first-order chi connectivity index (χ1) is 28.0. The number of hydrogen-bond acceptors (Lipinski definition) is 14. The summed E-state index contributed by atoms with van der Waals surface area (Å²) in [4.78, 5) is 14.1. The molecule has 3 heterocycles. The summed E-state index contributed by atoms with van der Waals surface area (Å²) in [6, 6.07) is 14.7. The van der Waals surface area contributed by atoms with E-state index in [4.69, 9.17) is 18.9 Å². The maximum absolute atomic E-state index is 14.1. The van der Waals surface area contributed by atoms with Crippen molar-refractivity contribution in [2.24, 2.45) is 5.92 Å². The lowest BCUT2D eigenvalue weighted by Crippen LogP contribution is -2.60. The van der Waals surface area contributed by atoms with Crippen LogP contribution in [-0.2, 0) is 11.2 Å². The standard InChI is InChI=1S/C45H48O14/c1-20(2)5-6-23(21(3)4)13-30-36(58-45-42(55)41(54)40(53)37(19-46)59-45)18-33(52)39-32(51)17-34(57-44(30)39)28-15-29-35(16-31(28)50)56-43(22-7-9-25(47)10-8-22)38(29)24-11-26(48)14-27(49)12-24/h5,7-12,14-16,18,23,34,37-38,40-43,45-50,52-55H,3,6,13,17,19H2,1-2,4H3/t23-,34-,37+,38-,40+,41-,42+,43-,45+/m0/s1. The van der Waals surface area contributed by atoms with Crippen molar-refractivity contribution in [3.05, 3.63) is 118 Å². The molecule has 4 aromatic rings. The number of benzene rings is 4. The Morgan fingerprint density at radius 1 is 0.831 bits per heavy atom. The van der Waals surface area contributed by atoms with Gasteiger partial charge in [0.1, 0.15) is 88.2 Å². The largest absolute Gasteiger partial charge is 0.508 e. The lowest BCUT2D eigenvalue weighted by Gasteiger charge is -2.40. The van der Waals surface area contributed by atoms with Gasteiger partial charge >= 0.3 is 0 Å². The molecule has 0 aliphatic carbocycles. The fourth-order valence-corrected chi connectivity index (χ4v) is 8.01. The highest BCUT2D eigenvalue weighted by Crippen LogP contribution is 2.55. The zero-order valence-corrected chi connectivity index (χ0v) is 32.6.